The molecule has 0 atom stereocenters. The fraction of sp³-hybridized carbons (Fsp3) is 0.105. The SMILES string of the molecule is Cc1nn(-c2cccc(Cl)c2)c(Cl)c1C=NNC(=O)CNc1ccccc1. The minimum atomic E-state index is -0.272. The van der Waals surface area contributed by atoms with Crippen LogP contribution in [0.4, 0.5) is 5.69 Å². The molecular formula is C19H17Cl2N5O. The number of hydrogen-bond donors (Lipinski definition) is 2. The van der Waals surface area contributed by atoms with Crippen LogP contribution in [-0.4, -0.2) is 28.4 Å². The monoisotopic (exact) mass is 401 g/mol. The second-order valence-electron chi connectivity index (χ2n) is 5.69. The number of rotatable bonds is 6. The first-order valence-electron chi connectivity index (χ1n) is 8.16. The van der Waals surface area contributed by atoms with E-state index in [-0.39, 0.29) is 12.5 Å². The van der Waals surface area contributed by atoms with Crippen molar-refractivity contribution in [1.82, 2.24) is 15.2 Å². The molecule has 1 heterocycles. The van der Waals surface area contributed by atoms with Crippen molar-refractivity contribution in [2.24, 2.45) is 5.10 Å². The predicted octanol–water partition coefficient (Wildman–Crippen LogP) is 4.05. The molecule has 2 N–H and O–H groups in total. The summed E-state index contributed by atoms with van der Waals surface area (Å²) in [6.07, 6.45) is 1.48. The number of aryl methyl sites for hydroxylation is 1. The molecule has 3 rings (SSSR count). The summed E-state index contributed by atoms with van der Waals surface area (Å²) >= 11 is 12.4. The fourth-order valence-corrected chi connectivity index (χ4v) is 2.89. The topological polar surface area (TPSA) is 71.3 Å². The highest BCUT2D eigenvalue weighted by molar-refractivity contribution is 6.32. The van der Waals surface area contributed by atoms with Gasteiger partial charge in [-0.2, -0.15) is 10.2 Å². The minimum absolute atomic E-state index is 0.107. The molecule has 0 bridgehead atoms. The van der Waals surface area contributed by atoms with Crippen molar-refractivity contribution in [1.29, 1.82) is 0 Å². The van der Waals surface area contributed by atoms with Crippen LogP contribution < -0.4 is 10.7 Å². The van der Waals surface area contributed by atoms with Crippen LogP contribution in [0.25, 0.3) is 5.69 Å². The molecule has 0 aliphatic heterocycles. The highest BCUT2D eigenvalue weighted by atomic mass is 35.5. The number of halogens is 2. The molecule has 8 heteroatoms. The molecule has 1 aromatic heterocycles. The summed E-state index contributed by atoms with van der Waals surface area (Å²) in [5.41, 5.74) is 5.37. The lowest BCUT2D eigenvalue weighted by Crippen LogP contribution is -2.25. The zero-order valence-electron chi connectivity index (χ0n) is 14.5. The highest BCUT2D eigenvalue weighted by Gasteiger charge is 2.13. The van der Waals surface area contributed by atoms with Gasteiger partial charge >= 0.3 is 0 Å². The normalized spacial score (nSPS) is 10.9. The molecule has 2 aromatic carbocycles. The number of hydrazone groups is 1. The lowest BCUT2D eigenvalue weighted by molar-refractivity contribution is -0.119. The first-order chi connectivity index (χ1) is 13.0. The summed E-state index contributed by atoms with van der Waals surface area (Å²) in [5.74, 6) is -0.272. The smallest absolute Gasteiger partial charge is 0.259 e. The number of benzene rings is 2. The summed E-state index contributed by atoms with van der Waals surface area (Å²) in [4.78, 5) is 11.9. The van der Waals surface area contributed by atoms with E-state index in [4.69, 9.17) is 23.2 Å². The molecule has 3 aromatic rings. The number of carbonyl (C=O) groups is 1. The Kier molecular flexibility index (Phi) is 6.11. The van der Waals surface area contributed by atoms with E-state index < -0.39 is 0 Å². The van der Waals surface area contributed by atoms with Crippen LogP contribution in [0.2, 0.25) is 10.2 Å². The molecule has 0 aliphatic rings. The average molecular weight is 402 g/mol. The number of anilines is 1. The van der Waals surface area contributed by atoms with Gasteiger partial charge in [-0.1, -0.05) is 47.5 Å². The van der Waals surface area contributed by atoms with E-state index in [0.717, 1.165) is 11.4 Å². The van der Waals surface area contributed by atoms with Crippen molar-refractivity contribution in [3.05, 3.63) is 76.0 Å². The van der Waals surface area contributed by atoms with Crippen molar-refractivity contribution < 1.29 is 4.79 Å². The summed E-state index contributed by atoms with van der Waals surface area (Å²) in [6, 6.07) is 16.6. The van der Waals surface area contributed by atoms with E-state index in [1.54, 1.807) is 16.8 Å². The number of hydrogen-bond acceptors (Lipinski definition) is 4. The van der Waals surface area contributed by atoms with Gasteiger partial charge in [0, 0.05) is 10.7 Å². The largest absolute Gasteiger partial charge is 0.376 e. The van der Waals surface area contributed by atoms with Crippen molar-refractivity contribution in [2.75, 3.05) is 11.9 Å². The summed E-state index contributed by atoms with van der Waals surface area (Å²) in [5, 5.41) is 12.4. The number of aromatic nitrogens is 2. The molecule has 0 saturated heterocycles. The number of amides is 1. The summed E-state index contributed by atoms with van der Waals surface area (Å²) < 4.78 is 1.57. The number of nitrogens with zero attached hydrogens (tertiary/aromatic N) is 3. The lowest BCUT2D eigenvalue weighted by atomic mass is 10.3. The highest BCUT2D eigenvalue weighted by Crippen LogP contribution is 2.23. The third kappa shape index (κ3) is 4.87. The van der Waals surface area contributed by atoms with Gasteiger partial charge in [-0.15, -0.1) is 0 Å². The Hall–Kier alpha value is -2.83. The molecule has 0 spiro atoms. The third-order valence-corrected chi connectivity index (χ3v) is 4.31. The lowest BCUT2D eigenvalue weighted by Gasteiger charge is -2.04. The van der Waals surface area contributed by atoms with Crippen molar-refractivity contribution >= 4 is 41.0 Å². The van der Waals surface area contributed by atoms with Gasteiger partial charge in [0.1, 0.15) is 5.15 Å². The van der Waals surface area contributed by atoms with Gasteiger partial charge in [-0.05, 0) is 37.3 Å². The van der Waals surface area contributed by atoms with Crippen molar-refractivity contribution in [2.45, 2.75) is 6.92 Å². The standard InChI is InChI=1S/C19H17Cl2N5O/c1-13-17(19(21)26(25-13)16-9-5-6-14(20)10-16)11-23-24-18(27)12-22-15-7-3-2-4-8-15/h2-11,22H,12H2,1H3,(H,24,27). The maximum Gasteiger partial charge on any atom is 0.259 e. The summed E-state index contributed by atoms with van der Waals surface area (Å²) in [7, 11) is 0. The van der Waals surface area contributed by atoms with Crippen LogP contribution in [-0.2, 0) is 4.79 Å². The van der Waals surface area contributed by atoms with Crippen LogP contribution in [0.15, 0.2) is 59.7 Å². The summed E-state index contributed by atoms with van der Waals surface area (Å²) in [6.45, 7) is 1.92. The van der Waals surface area contributed by atoms with Gasteiger partial charge < -0.3 is 5.32 Å². The molecule has 6 nitrogen and oxygen atoms in total. The maximum atomic E-state index is 11.9. The Morgan fingerprint density at radius 1 is 1.19 bits per heavy atom. The maximum absolute atomic E-state index is 11.9. The fourth-order valence-electron chi connectivity index (χ4n) is 2.38. The van der Waals surface area contributed by atoms with Crippen LogP contribution in [0.5, 0.6) is 0 Å². The number of nitrogens with one attached hydrogen (secondary N) is 2. The molecule has 27 heavy (non-hydrogen) atoms. The predicted molar refractivity (Wildman–Crippen MR) is 109 cm³/mol. The Balaban J connectivity index is 1.64. The third-order valence-electron chi connectivity index (χ3n) is 3.71. The number of carbonyl (C=O) groups excluding carboxylic acids is 1. The van der Waals surface area contributed by atoms with Crippen LogP contribution in [0, 0.1) is 6.92 Å². The van der Waals surface area contributed by atoms with E-state index in [1.807, 2.05) is 49.4 Å². The molecule has 0 fully saturated rings. The average Bonchev–Trinajstić information content (AvgIpc) is 2.95. The zero-order valence-corrected chi connectivity index (χ0v) is 16.0. The minimum Gasteiger partial charge on any atom is -0.376 e. The van der Waals surface area contributed by atoms with E-state index in [1.165, 1.54) is 6.21 Å². The molecule has 1 amide bonds. The Morgan fingerprint density at radius 3 is 2.70 bits per heavy atom. The van der Waals surface area contributed by atoms with E-state index >= 15 is 0 Å². The molecule has 138 valence electrons. The van der Waals surface area contributed by atoms with Gasteiger partial charge in [-0.3, -0.25) is 4.79 Å². The second kappa shape index (κ2) is 8.70. The Morgan fingerprint density at radius 2 is 1.96 bits per heavy atom. The van der Waals surface area contributed by atoms with Crippen LogP contribution in [0.1, 0.15) is 11.3 Å². The molecular weight excluding hydrogens is 385 g/mol. The van der Waals surface area contributed by atoms with Crippen LogP contribution in [0.3, 0.4) is 0 Å². The van der Waals surface area contributed by atoms with Crippen LogP contribution >= 0.6 is 23.2 Å². The molecule has 0 saturated carbocycles. The van der Waals surface area contributed by atoms with E-state index in [9.17, 15) is 4.79 Å². The molecule has 0 unspecified atom stereocenters. The second-order valence-corrected chi connectivity index (χ2v) is 6.49. The molecule has 0 aliphatic carbocycles. The van der Waals surface area contributed by atoms with Crippen molar-refractivity contribution in [3.8, 4) is 5.69 Å². The van der Waals surface area contributed by atoms with E-state index in [0.29, 0.717) is 21.4 Å². The number of para-hydroxylation sites is 1. The zero-order chi connectivity index (χ0) is 19.2. The van der Waals surface area contributed by atoms with Gasteiger partial charge in [0.2, 0.25) is 0 Å². The van der Waals surface area contributed by atoms with Crippen molar-refractivity contribution in [3.63, 3.8) is 0 Å². The van der Waals surface area contributed by atoms with Gasteiger partial charge in [0.05, 0.1) is 29.7 Å². The van der Waals surface area contributed by atoms with Gasteiger partial charge in [-0.25, -0.2) is 10.1 Å². The molecule has 0 radical (unpaired) electrons. The Labute approximate surface area is 166 Å². The quantitative estimate of drug-likeness (QED) is 0.483. The first-order valence-corrected chi connectivity index (χ1v) is 8.92. The van der Waals surface area contributed by atoms with Gasteiger partial charge in [0.25, 0.3) is 5.91 Å². The van der Waals surface area contributed by atoms with Gasteiger partial charge in [0.15, 0.2) is 0 Å². The van der Waals surface area contributed by atoms with E-state index in [2.05, 4.69) is 20.9 Å². The Bertz CT molecular complexity index is 969. The first kappa shape index (κ1) is 18.9.